The van der Waals surface area contributed by atoms with Crippen molar-refractivity contribution in [2.45, 2.75) is 45.6 Å². The maximum absolute atomic E-state index is 4.57. The van der Waals surface area contributed by atoms with Crippen molar-refractivity contribution in [2.75, 3.05) is 11.4 Å². The van der Waals surface area contributed by atoms with E-state index in [2.05, 4.69) is 45.7 Å². The van der Waals surface area contributed by atoms with Gasteiger partial charge in [0.25, 0.3) is 0 Å². The molecule has 0 bridgehead atoms. The van der Waals surface area contributed by atoms with E-state index < -0.39 is 0 Å². The summed E-state index contributed by atoms with van der Waals surface area (Å²) in [6.45, 7) is 5.42. The second kappa shape index (κ2) is 5.17. The summed E-state index contributed by atoms with van der Waals surface area (Å²) in [6.07, 6.45) is 7.30. The molecule has 1 aliphatic carbocycles. The van der Waals surface area contributed by atoms with Gasteiger partial charge in [0.15, 0.2) is 0 Å². The van der Waals surface area contributed by atoms with Crippen molar-refractivity contribution in [1.82, 2.24) is 4.98 Å². The number of rotatable bonds is 3. The van der Waals surface area contributed by atoms with E-state index >= 15 is 0 Å². The molecule has 16 heavy (non-hydrogen) atoms. The molecule has 0 unspecified atom stereocenters. The Morgan fingerprint density at radius 3 is 2.69 bits per heavy atom. The lowest BCUT2D eigenvalue weighted by molar-refractivity contribution is 0.611. The lowest BCUT2D eigenvalue weighted by atomic mass is 10.2. The Morgan fingerprint density at radius 1 is 1.44 bits per heavy atom. The van der Waals surface area contributed by atoms with E-state index in [0.717, 1.165) is 16.8 Å². The zero-order valence-electron chi connectivity index (χ0n) is 10.0. The first-order chi connectivity index (χ1) is 7.72. The fourth-order valence-electron chi connectivity index (χ4n) is 2.63. The average Bonchev–Trinajstić information content (AvgIpc) is 2.75. The van der Waals surface area contributed by atoms with Crippen molar-refractivity contribution < 1.29 is 0 Å². The number of aromatic nitrogens is 1. The topological polar surface area (TPSA) is 16.1 Å². The Kier molecular flexibility index (Phi) is 3.85. The van der Waals surface area contributed by atoms with Gasteiger partial charge in [-0.25, -0.2) is 4.98 Å². The molecule has 0 saturated heterocycles. The van der Waals surface area contributed by atoms with Crippen molar-refractivity contribution in [3.63, 3.8) is 0 Å². The third kappa shape index (κ3) is 2.40. The molecule has 88 valence electrons. The third-order valence-corrected chi connectivity index (χ3v) is 3.83. The third-order valence-electron chi connectivity index (χ3n) is 3.40. The van der Waals surface area contributed by atoms with Crippen LogP contribution in [-0.4, -0.2) is 17.6 Å². The first-order valence-electron chi connectivity index (χ1n) is 6.11. The number of hydrogen-bond acceptors (Lipinski definition) is 2. The Labute approximate surface area is 106 Å². The summed E-state index contributed by atoms with van der Waals surface area (Å²) in [7, 11) is 0. The van der Waals surface area contributed by atoms with Crippen molar-refractivity contribution in [2.24, 2.45) is 0 Å². The molecule has 0 aliphatic heterocycles. The van der Waals surface area contributed by atoms with Crippen LogP contribution in [0.1, 0.15) is 38.2 Å². The van der Waals surface area contributed by atoms with Crippen LogP contribution < -0.4 is 4.90 Å². The molecule has 1 aromatic rings. The second-order valence-corrected chi connectivity index (χ2v) is 5.43. The number of aryl methyl sites for hydroxylation is 1. The highest BCUT2D eigenvalue weighted by Crippen LogP contribution is 2.29. The normalized spacial score (nSPS) is 16.7. The van der Waals surface area contributed by atoms with Crippen molar-refractivity contribution in [3.05, 3.63) is 22.3 Å². The summed E-state index contributed by atoms with van der Waals surface area (Å²) >= 11 is 3.47. The molecule has 1 saturated carbocycles. The van der Waals surface area contributed by atoms with Crippen molar-refractivity contribution in [3.8, 4) is 0 Å². The number of anilines is 1. The molecule has 3 heteroatoms. The van der Waals surface area contributed by atoms with Gasteiger partial charge in [0.1, 0.15) is 5.82 Å². The summed E-state index contributed by atoms with van der Waals surface area (Å²) in [4.78, 5) is 7.04. The van der Waals surface area contributed by atoms with Crippen LogP contribution in [-0.2, 0) is 0 Å². The zero-order valence-corrected chi connectivity index (χ0v) is 11.6. The van der Waals surface area contributed by atoms with Gasteiger partial charge in [-0.3, -0.25) is 0 Å². The molecular formula is C13H19BrN2. The van der Waals surface area contributed by atoms with E-state index in [0.29, 0.717) is 6.04 Å². The smallest absolute Gasteiger partial charge is 0.131 e. The first kappa shape index (κ1) is 11.9. The maximum atomic E-state index is 4.57. The molecule has 2 nitrogen and oxygen atoms in total. The molecule has 0 amide bonds. The number of hydrogen-bond donors (Lipinski definition) is 0. The standard InChI is InChI=1S/C13H19BrN2/c1-3-16(12-6-4-5-7-12)13-10(2)8-11(14)9-15-13/h8-9,12H,3-7H2,1-2H3. The molecular weight excluding hydrogens is 264 g/mol. The summed E-state index contributed by atoms with van der Waals surface area (Å²) in [5.41, 5.74) is 1.27. The van der Waals surface area contributed by atoms with E-state index in [9.17, 15) is 0 Å². The Balaban J connectivity index is 2.25. The Bertz CT molecular complexity index is 359. The lowest BCUT2D eigenvalue weighted by Gasteiger charge is -2.30. The van der Waals surface area contributed by atoms with E-state index in [1.54, 1.807) is 0 Å². The molecule has 2 rings (SSSR count). The minimum Gasteiger partial charge on any atom is -0.354 e. The Morgan fingerprint density at radius 2 is 2.12 bits per heavy atom. The summed E-state index contributed by atoms with van der Waals surface area (Å²) in [5, 5.41) is 0. The largest absolute Gasteiger partial charge is 0.354 e. The summed E-state index contributed by atoms with van der Waals surface area (Å²) in [5.74, 6) is 1.16. The zero-order chi connectivity index (χ0) is 11.5. The molecule has 0 spiro atoms. The van der Waals surface area contributed by atoms with Crippen molar-refractivity contribution in [1.29, 1.82) is 0 Å². The second-order valence-electron chi connectivity index (χ2n) is 4.52. The van der Waals surface area contributed by atoms with Gasteiger partial charge in [-0.1, -0.05) is 12.8 Å². The molecule has 1 fully saturated rings. The van der Waals surface area contributed by atoms with Crippen molar-refractivity contribution >= 4 is 21.7 Å². The summed E-state index contributed by atoms with van der Waals surface area (Å²) < 4.78 is 1.07. The number of halogens is 1. The quantitative estimate of drug-likeness (QED) is 0.835. The highest BCUT2D eigenvalue weighted by atomic mass is 79.9. The number of pyridine rings is 1. The molecule has 1 heterocycles. The predicted molar refractivity (Wildman–Crippen MR) is 72.0 cm³/mol. The SMILES string of the molecule is CCN(c1ncc(Br)cc1C)C1CCCC1. The number of nitrogens with zero attached hydrogens (tertiary/aromatic N) is 2. The monoisotopic (exact) mass is 282 g/mol. The van der Waals surface area contributed by atoms with Gasteiger partial charge in [0.2, 0.25) is 0 Å². The lowest BCUT2D eigenvalue weighted by Crippen LogP contribution is -2.34. The highest BCUT2D eigenvalue weighted by molar-refractivity contribution is 9.10. The Hall–Kier alpha value is -0.570. The molecule has 1 aromatic heterocycles. The van der Waals surface area contributed by atoms with E-state index in [-0.39, 0.29) is 0 Å². The minimum absolute atomic E-state index is 0.706. The van der Waals surface area contributed by atoms with E-state index in [4.69, 9.17) is 0 Å². The van der Waals surface area contributed by atoms with E-state index in [1.807, 2.05) is 6.20 Å². The first-order valence-corrected chi connectivity index (χ1v) is 6.90. The van der Waals surface area contributed by atoms with Gasteiger partial charge < -0.3 is 4.90 Å². The van der Waals surface area contributed by atoms with Gasteiger partial charge in [-0.05, 0) is 54.2 Å². The van der Waals surface area contributed by atoms with Gasteiger partial charge in [0, 0.05) is 23.3 Å². The molecule has 0 radical (unpaired) electrons. The molecule has 0 atom stereocenters. The molecule has 0 N–H and O–H groups in total. The van der Waals surface area contributed by atoms with Gasteiger partial charge in [-0.15, -0.1) is 0 Å². The van der Waals surface area contributed by atoms with Crippen LogP contribution >= 0.6 is 15.9 Å². The predicted octanol–water partition coefficient (Wildman–Crippen LogP) is 3.92. The highest BCUT2D eigenvalue weighted by Gasteiger charge is 2.23. The van der Waals surface area contributed by atoms with Gasteiger partial charge in [-0.2, -0.15) is 0 Å². The van der Waals surface area contributed by atoms with Gasteiger partial charge >= 0.3 is 0 Å². The van der Waals surface area contributed by atoms with Crippen LogP contribution in [0, 0.1) is 6.92 Å². The van der Waals surface area contributed by atoms with Crippen LogP contribution in [0.4, 0.5) is 5.82 Å². The van der Waals surface area contributed by atoms with Crippen LogP contribution in [0.15, 0.2) is 16.7 Å². The van der Waals surface area contributed by atoms with Crippen LogP contribution in [0.2, 0.25) is 0 Å². The van der Waals surface area contributed by atoms with Crippen LogP contribution in [0.25, 0.3) is 0 Å². The van der Waals surface area contributed by atoms with E-state index in [1.165, 1.54) is 31.2 Å². The molecule has 0 aromatic carbocycles. The summed E-state index contributed by atoms with van der Waals surface area (Å²) in [6, 6.07) is 2.86. The fourth-order valence-corrected chi connectivity index (χ4v) is 3.08. The minimum atomic E-state index is 0.706. The van der Waals surface area contributed by atoms with Crippen LogP contribution in [0.3, 0.4) is 0 Å². The fraction of sp³-hybridized carbons (Fsp3) is 0.615. The van der Waals surface area contributed by atoms with Crippen LogP contribution in [0.5, 0.6) is 0 Å². The average molecular weight is 283 g/mol. The maximum Gasteiger partial charge on any atom is 0.131 e. The molecule has 1 aliphatic rings. The van der Waals surface area contributed by atoms with Gasteiger partial charge in [0.05, 0.1) is 0 Å².